The number of nitrogens with one attached hydrogen (secondary N) is 1. The molecule has 0 bridgehead atoms. The highest BCUT2D eigenvalue weighted by atomic mass is 16.6. The summed E-state index contributed by atoms with van der Waals surface area (Å²) < 4.78 is 5.05. The maximum atomic E-state index is 11.9. The van der Waals surface area contributed by atoms with Crippen molar-refractivity contribution in [1.82, 2.24) is 0 Å². The van der Waals surface area contributed by atoms with Gasteiger partial charge in [-0.05, 0) is 45.7 Å². The van der Waals surface area contributed by atoms with Crippen LogP contribution in [0, 0.1) is 13.8 Å². The van der Waals surface area contributed by atoms with Crippen LogP contribution in [0.5, 0.6) is 5.75 Å². The lowest BCUT2D eigenvalue weighted by atomic mass is 9.95. The smallest absolute Gasteiger partial charge is 0.412 e. The second-order valence-electron chi connectivity index (χ2n) is 5.96. The van der Waals surface area contributed by atoms with Crippen LogP contribution in [0.15, 0.2) is 0 Å². The van der Waals surface area contributed by atoms with Crippen molar-refractivity contribution in [2.45, 2.75) is 40.2 Å². The molecule has 0 aliphatic heterocycles. The molecule has 1 rings (SSSR count). The molecule has 0 atom stereocenters. The molecule has 1 aromatic carbocycles. The SMILES string of the molecule is Cc1c(C)c(NC(=O)OC(C)(C)C)c(C(=O)O)c(C(=O)O)c1O. The lowest BCUT2D eigenvalue weighted by molar-refractivity contribution is 0.0628. The van der Waals surface area contributed by atoms with Crippen molar-refractivity contribution >= 4 is 23.7 Å². The number of amides is 1. The molecule has 1 aromatic rings. The molecular formula is C15H19NO7. The molecule has 0 aromatic heterocycles. The average molecular weight is 325 g/mol. The fourth-order valence-electron chi connectivity index (χ4n) is 1.97. The van der Waals surface area contributed by atoms with E-state index < -0.39 is 40.5 Å². The van der Waals surface area contributed by atoms with Gasteiger partial charge in [0.25, 0.3) is 0 Å². The van der Waals surface area contributed by atoms with Gasteiger partial charge in [-0.3, -0.25) is 5.32 Å². The summed E-state index contributed by atoms with van der Waals surface area (Å²) in [6.45, 7) is 7.76. The number of carboxylic acid groups (broad SMARTS) is 2. The van der Waals surface area contributed by atoms with Crippen LogP contribution in [0.4, 0.5) is 10.5 Å². The molecule has 23 heavy (non-hydrogen) atoms. The van der Waals surface area contributed by atoms with Gasteiger partial charge in [-0.15, -0.1) is 0 Å². The third-order valence-corrected chi connectivity index (χ3v) is 3.08. The zero-order valence-electron chi connectivity index (χ0n) is 13.5. The molecule has 8 heteroatoms. The molecule has 0 saturated carbocycles. The molecule has 0 fully saturated rings. The number of carbonyl (C=O) groups excluding carboxylic acids is 1. The van der Waals surface area contributed by atoms with E-state index in [9.17, 15) is 29.7 Å². The lowest BCUT2D eigenvalue weighted by Gasteiger charge is -2.22. The molecule has 0 radical (unpaired) electrons. The number of hydrogen-bond donors (Lipinski definition) is 4. The van der Waals surface area contributed by atoms with Crippen LogP contribution >= 0.6 is 0 Å². The minimum atomic E-state index is -1.62. The van der Waals surface area contributed by atoms with Crippen molar-refractivity contribution in [2.75, 3.05) is 5.32 Å². The standard InChI is InChI=1S/C15H19NO7/c1-6-7(2)11(17)9(13(20)21)8(12(18)19)10(6)16-14(22)23-15(3,4)5/h17H,1-5H3,(H,16,22)(H,18,19)(H,20,21). The van der Waals surface area contributed by atoms with Crippen LogP contribution in [-0.2, 0) is 4.74 Å². The Morgan fingerprint density at radius 2 is 1.43 bits per heavy atom. The highest BCUT2D eigenvalue weighted by Gasteiger charge is 2.30. The van der Waals surface area contributed by atoms with Crippen molar-refractivity contribution in [3.8, 4) is 5.75 Å². The van der Waals surface area contributed by atoms with Crippen molar-refractivity contribution < 1.29 is 34.4 Å². The summed E-state index contributed by atoms with van der Waals surface area (Å²) in [5.41, 5.74) is -2.15. The molecular weight excluding hydrogens is 306 g/mol. The third-order valence-electron chi connectivity index (χ3n) is 3.08. The summed E-state index contributed by atoms with van der Waals surface area (Å²) >= 11 is 0. The zero-order chi connectivity index (χ0) is 18.1. The van der Waals surface area contributed by atoms with Crippen molar-refractivity contribution in [3.05, 3.63) is 22.3 Å². The Hall–Kier alpha value is -2.77. The van der Waals surface area contributed by atoms with Gasteiger partial charge in [0.2, 0.25) is 0 Å². The second-order valence-corrected chi connectivity index (χ2v) is 5.96. The number of carboxylic acids is 2. The Kier molecular flexibility index (Phi) is 4.89. The normalized spacial score (nSPS) is 11.0. The molecule has 0 heterocycles. The fraction of sp³-hybridized carbons (Fsp3) is 0.400. The summed E-state index contributed by atoms with van der Waals surface area (Å²) in [5.74, 6) is -3.86. The minimum absolute atomic E-state index is 0.151. The Labute approximate surface area is 132 Å². The van der Waals surface area contributed by atoms with Crippen LogP contribution in [0.2, 0.25) is 0 Å². The van der Waals surface area contributed by atoms with Crippen LogP contribution in [-0.4, -0.2) is 39.0 Å². The molecule has 8 nitrogen and oxygen atoms in total. The average Bonchev–Trinajstić information content (AvgIpc) is 2.35. The predicted octanol–water partition coefficient (Wildman–Crippen LogP) is 2.75. The fourth-order valence-corrected chi connectivity index (χ4v) is 1.97. The van der Waals surface area contributed by atoms with E-state index in [4.69, 9.17) is 4.74 Å². The van der Waals surface area contributed by atoms with Gasteiger partial charge in [0.1, 0.15) is 22.5 Å². The van der Waals surface area contributed by atoms with Crippen molar-refractivity contribution in [3.63, 3.8) is 0 Å². The molecule has 1 amide bonds. The van der Waals surface area contributed by atoms with Gasteiger partial charge in [0.15, 0.2) is 0 Å². The van der Waals surface area contributed by atoms with Gasteiger partial charge < -0.3 is 20.1 Å². The van der Waals surface area contributed by atoms with E-state index in [0.717, 1.165) is 0 Å². The monoisotopic (exact) mass is 325 g/mol. The first-order valence-corrected chi connectivity index (χ1v) is 6.69. The topological polar surface area (TPSA) is 133 Å². The van der Waals surface area contributed by atoms with Gasteiger partial charge in [-0.25, -0.2) is 14.4 Å². The van der Waals surface area contributed by atoms with Crippen LogP contribution in [0.3, 0.4) is 0 Å². The van der Waals surface area contributed by atoms with Gasteiger partial charge in [0, 0.05) is 0 Å². The summed E-state index contributed by atoms with van der Waals surface area (Å²) in [6, 6.07) is 0. The molecule has 0 saturated heterocycles. The summed E-state index contributed by atoms with van der Waals surface area (Å²) in [7, 11) is 0. The van der Waals surface area contributed by atoms with Crippen LogP contribution in [0.1, 0.15) is 52.6 Å². The number of anilines is 1. The Morgan fingerprint density at radius 3 is 1.83 bits per heavy atom. The number of rotatable bonds is 3. The maximum Gasteiger partial charge on any atom is 0.412 e. The van der Waals surface area contributed by atoms with E-state index in [1.54, 1.807) is 20.8 Å². The van der Waals surface area contributed by atoms with E-state index in [0.29, 0.717) is 0 Å². The predicted molar refractivity (Wildman–Crippen MR) is 81.4 cm³/mol. The quantitative estimate of drug-likeness (QED) is 0.628. The highest BCUT2D eigenvalue weighted by Crippen LogP contribution is 2.36. The zero-order valence-corrected chi connectivity index (χ0v) is 13.5. The molecule has 0 aliphatic rings. The molecule has 4 N–H and O–H groups in total. The number of hydrogen-bond acceptors (Lipinski definition) is 5. The second kappa shape index (κ2) is 6.15. The van der Waals surface area contributed by atoms with E-state index >= 15 is 0 Å². The third kappa shape index (κ3) is 3.91. The number of ether oxygens (including phenoxy) is 1. The van der Waals surface area contributed by atoms with E-state index in [1.165, 1.54) is 13.8 Å². The van der Waals surface area contributed by atoms with Crippen molar-refractivity contribution in [1.29, 1.82) is 0 Å². The van der Waals surface area contributed by atoms with Crippen molar-refractivity contribution in [2.24, 2.45) is 0 Å². The summed E-state index contributed by atoms with van der Waals surface area (Å²) in [6.07, 6.45) is -0.926. The van der Waals surface area contributed by atoms with Crippen LogP contribution < -0.4 is 5.32 Å². The summed E-state index contributed by atoms with van der Waals surface area (Å²) in [5, 5.41) is 30.7. The number of aromatic carboxylic acids is 2. The first kappa shape index (κ1) is 18.3. The number of benzene rings is 1. The van der Waals surface area contributed by atoms with E-state index in [1.807, 2.05) is 0 Å². The van der Waals surface area contributed by atoms with Gasteiger partial charge in [0.05, 0.1) is 5.69 Å². The summed E-state index contributed by atoms with van der Waals surface area (Å²) in [4.78, 5) is 34.7. The first-order chi connectivity index (χ1) is 10.4. The molecule has 126 valence electrons. The van der Waals surface area contributed by atoms with E-state index in [2.05, 4.69) is 5.32 Å². The largest absolute Gasteiger partial charge is 0.507 e. The lowest BCUT2D eigenvalue weighted by Crippen LogP contribution is -2.28. The Balaban J connectivity index is 3.55. The first-order valence-electron chi connectivity index (χ1n) is 6.69. The number of phenols is 1. The Morgan fingerprint density at radius 1 is 0.957 bits per heavy atom. The number of aromatic hydroxyl groups is 1. The van der Waals surface area contributed by atoms with E-state index in [-0.39, 0.29) is 16.8 Å². The van der Waals surface area contributed by atoms with Gasteiger partial charge in [-0.1, -0.05) is 0 Å². The van der Waals surface area contributed by atoms with Gasteiger partial charge in [-0.2, -0.15) is 0 Å². The minimum Gasteiger partial charge on any atom is -0.507 e. The van der Waals surface area contributed by atoms with Gasteiger partial charge >= 0.3 is 18.0 Å². The molecule has 0 aliphatic carbocycles. The molecule has 0 unspecified atom stereocenters. The maximum absolute atomic E-state index is 11.9. The molecule has 0 spiro atoms. The highest BCUT2D eigenvalue weighted by molar-refractivity contribution is 6.10. The van der Waals surface area contributed by atoms with Crippen LogP contribution in [0.25, 0.3) is 0 Å². The Bertz CT molecular complexity index is 686. The number of carbonyl (C=O) groups is 3.